The molecule has 7 nitrogen and oxygen atoms in total. The third-order valence-electron chi connectivity index (χ3n) is 4.88. The van der Waals surface area contributed by atoms with Crippen molar-refractivity contribution in [3.8, 4) is 0 Å². The van der Waals surface area contributed by atoms with E-state index >= 15 is 0 Å². The number of hydrogen-bond donors (Lipinski definition) is 1. The fraction of sp³-hybridized carbons (Fsp3) is 0.571. The Bertz CT molecular complexity index is 769. The van der Waals surface area contributed by atoms with E-state index in [0.29, 0.717) is 25.1 Å². The number of amides is 2. The lowest BCUT2D eigenvalue weighted by molar-refractivity contribution is -0.151. The van der Waals surface area contributed by atoms with E-state index in [2.05, 4.69) is 5.32 Å². The fourth-order valence-corrected chi connectivity index (χ4v) is 3.63. The van der Waals surface area contributed by atoms with E-state index in [-0.39, 0.29) is 6.61 Å². The standard InChI is InChI=1S/C21H28N2O5/c1-21(2,3)28-20(26)23-11-5-8-17(23)19(25)27-13-18(24)22-16-10-9-14-6-4-7-15(14)12-16/h9-10,12,17H,4-8,11,13H2,1-3H3,(H,22,24)/t17-/m0/s1. The molecule has 1 fully saturated rings. The molecule has 0 bridgehead atoms. The van der Waals surface area contributed by atoms with E-state index in [4.69, 9.17) is 9.47 Å². The first-order chi connectivity index (χ1) is 13.2. The van der Waals surface area contributed by atoms with Crippen LogP contribution < -0.4 is 5.32 Å². The summed E-state index contributed by atoms with van der Waals surface area (Å²) in [5.41, 5.74) is 2.66. The van der Waals surface area contributed by atoms with Gasteiger partial charge >= 0.3 is 12.1 Å². The molecule has 0 unspecified atom stereocenters. The number of esters is 1. The van der Waals surface area contributed by atoms with Gasteiger partial charge in [-0.25, -0.2) is 9.59 Å². The minimum Gasteiger partial charge on any atom is -0.454 e. The van der Waals surface area contributed by atoms with Gasteiger partial charge < -0.3 is 14.8 Å². The normalized spacial score (nSPS) is 18.5. The third-order valence-corrected chi connectivity index (χ3v) is 4.88. The van der Waals surface area contributed by atoms with E-state index in [0.717, 1.165) is 19.3 Å². The van der Waals surface area contributed by atoms with Crippen LogP contribution in [0, 0.1) is 0 Å². The van der Waals surface area contributed by atoms with Crippen LogP contribution in [0.2, 0.25) is 0 Å². The summed E-state index contributed by atoms with van der Waals surface area (Å²) in [5.74, 6) is -0.972. The molecule has 2 amide bonds. The summed E-state index contributed by atoms with van der Waals surface area (Å²) >= 11 is 0. The number of aryl methyl sites for hydroxylation is 2. The second-order valence-electron chi connectivity index (χ2n) is 8.32. The van der Waals surface area contributed by atoms with Crippen molar-refractivity contribution in [1.29, 1.82) is 0 Å². The minimum atomic E-state index is -0.706. The van der Waals surface area contributed by atoms with Crippen molar-refractivity contribution in [2.75, 3.05) is 18.5 Å². The maximum Gasteiger partial charge on any atom is 0.411 e. The van der Waals surface area contributed by atoms with Gasteiger partial charge in [-0.3, -0.25) is 9.69 Å². The maximum atomic E-state index is 12.4. The van der Waals surface area contributed by atoms with E-state index in [1.807, 2.05) is 18.2 Å². The summed E-state index contributed by atoms with van der Waals surface area (Å²) in [7, 11) is 0. The summed E-state index contributed by atoms with van der Waals surface area (Å²) in [6.07, 6.45) is 3.91. The Morgan fingerprint density at radius 1 is 1.14 bits per heavy atom. The van der Waals surface area contributed by atoms with Crippen LogP contribution >= 0.6 is 0 Å². The largest absolute Gasteiger partial charge is 0.454 e. The van der Waals surface area contributed by atoms with Gasteiger partial charge in [0.2, 0.25) is 0 Å². The van der Waals surface area contributed by atoms with Gasteiger partial charge in [0.1, 0.15) is 11.6 Å². The van der Waals surface area contributed by atoms with Crippen LogP contribution in [0.4, 0.5) is 10.5 Å². The molecule has 0 saturated carbocycles. The highest BCUT2D eigenvalue weighted by Gasteiger charge is 2.37. The van der Waals surface area contributed by atoms with Crippen molar-refractivity contribution in [1.82, 2.24) is 4.90 Å². The number of ether oxygens (including phenoxy) is 2. The monoisotopic (exact) mass is 388 g/mol. The number of benzene rings is 1. The molecule has 1 N–H and O–H groups in total. The quantitative estimate of drug-likeness (QED) is 0.802. The van der Waals surface area contributed by atoms with Gasteiger partial charge in [-0.2, -0.15) is 0 Å². The number of anilines is 1. The Labute approximate surface area is 165 Å². The maximum absolute atomic E-state index is 12.4. The molecule has 1 atom stereocenters. The summed E-state index contributed by atoms with van der Waals surface area (Å²) in [5, 5.41) is 2.76. The van der Waals surface area contributed by atoms with Crippen molar-refractivity contribution in [2.24, 2.45) is 0 Å². The van der Waals surface area contributed by atoms with Crippen LogP contribution in [-0.2, 0) is 31.9 Å². The summed E-state index contributed by atoms with van der Waals surface area (Å²) < 4.78 is 10.5. The lowest BCUT2D eigenvalue weighted by Gasteiger charge is -2.27. The smallest absolute Gasteiger partial charge is 0.411 e. The third kappa shape index (κ3) is 5.03. The molecule has 3 rings (SSSR count). The first-order valence-corrected chi connectivity index (χ1v) is 9.81. The number of rotatable bonds is 4. The summed E-state index contributed by atoms with van der Waals surface area (Å²) in [6, 6.07) is 5.16. The van der Waals surface area contributed by atoms with Crippen LogP contribution in [0.15, 0.2) is 18.2 Å². The zero-order valence-electron chi connectivity index (χ0n) is 16.7. The zero-order chi connectivity index (χ0) is 20.3. The minimum absolute atomic E-state index is 0.380. The van der Waals surface area contributed by atoms with Crippen molar-refractivity contribution in [3.63, 3.8) is 0 Å². The molecule has 7 heteroatoms. The number of fused-ring (bicyclic) bond motifs is 1. The molecule has 1 aromatic carbocycles. The van der Waals surface area contributed by atoms with E-state index in [1.165, 1.54) is 16.0 Å². The highest BCUT2D eigenvalue weighted by Crippen LogP contribution is 2.25. The Hall–Kier alpha value is -2.57. The van der Waals surface area contributed by atoms with Crippen molar-refractivity contribution in [2.45, 2.75) is 64.5 Å². The van der Waals surface area contributed by atoms with E-state index < -0.39 is 29.6 Å². The average Bonchev–Trinajstić information content (AvgIpc) is 3.26. The SMILES string of the molecule is CC(C)(C)OC(=O)N1CCC[C@H]1C(=O)OCC(=O)Nc1ccc2c(c1)CCC2. The van der Waals surface area contributed by atoms with Crippen molar-refractivity contribution in [3.05, 3.63) is 29.3 Å². The number of nitrogens with one attached hydrogen (secondary N) is 1. The molecular weight excluding hydrogens is 360 g/mol. The van der Waals surface area contributed by atoms with Gasteiger partial charge in [0.05, 0.1) is 0 Å². The second-order valence-corrected chi connectivity index (χ2v) is 8.32. The molecule has 2 aliphatic rings. The number of hydrogen-bond acceptors (Lipinski definition) is 5. The van der Waals surface area contributed by atoms with Gasteiger partial charge in [0, 0.05) is 12.2 Å². The number of carbonyl (C=O) groups excluding carboxylic acids is 3. The molecular formula is C21H28N2O5. The Kier molecular flexibility index (Phi) is 5.91. The van der Waals surface area contributed by atoms with Gasteiger partial charge in [-0.05, 0) is 76.1 Å². The lowest BCUT2D eigenvalue weighted by atomic mass is 10.1. The molecule has 0 spiro atoms. The van der Waals surface area contributed by atoms with Crippen molar-refractivity contribution >= 4 is 23.7 Å². The highest BCUT2D eigenvalue weighted by atomic mass is 16.6. The molecule has 152 valence electrons. The Balaban J connectivity index is 1.50. The van der Waals surface area contributed by atoms with Gasteiger partial charge in [-0.1, -0.05) is 6.07 Å². The van der Waals surface area contributed by atoms with Gasteiger partial charge in [-0.15, -0.1) is 0 Å². The summed E-state index contributed by atoms with van der Waals surface area (Å²) in [6.45, 7) is 5.39. The second kappa shape index (κ2) is 8.20. The van der Waals surface area contributed by atoms with Crippen LogP contribution in [0.5, 0.6) is 0 Å². The lowest BCUT2D eigenvalue weighted by Crippen LogP contribution is -2.44. The Morgan fingerprint density at radius 3 is 2.64 bits per heavy atom. The molecule has 1 aromatic rings. The van der Waals surface area contributed by atoms with Crippen LogP contribution in [0.3, 0.4) is 0 Å². The molecule has 1 aliphatic carbocycles. The van der Waals surface area contributed by atoms with Crippen LogP contribution in [0.25, 0.3) is 0 Å². The molecule has 28 heavy (non-hydrogen) atoms. The predicted molar refractivity (Wildman–Crippen MR) is 104 cm³/mol. The first-order valence-electron chi connectivity index (χ1n) is 9.81. The van der Waals surface area contributed by atoms with Gasteiger partial charge in [0.25, 0.3) is 5.91 Å². The predicted octanol–water partition coefficient (Wildman–Crippen LogP) is 3.06. The molecule has 0 aromatic heterocycles. The number of nitrogens with zero attached hydrogens (tertiary/aromatic N) is 1. The summed E-state index contributed by atoms with van der Waals surface area (Å²) in [4.78, 5) is 38.2. The van der Waals surface area contributed by atoms with Gasteiger partial charge in [0.15, 0.2) is 6.61 Å². The number of likely N-dealkylation sites (tertiary alicyclic amines) is 1. The van der Waals surface area contributed by atoms with Crippen LogP contribution in [0.1, 0.15) is 51.2 Å². The van der Waals surface area contributed by atoms with Crippen molar-refractivity contribution < 1.29 is 23.9 Å². The van der Waals surface area contributed by atoms with E-state index in [1.54, 1.807) is 20.8 Å². The molecule has 1 saturated heterocycles. The fourth-order valence-electron chi connectivity index (χ4n) is 3.63. The first kappa shape index (κ1) is 20.2. The molecule has 1 heterocycles. The molecule has 0 radical (unpaired) electrons. The average molecular weight is 388 g/mol. The topological polar surface area (TPSA) is 84.9 Å². The number of carbonyl (C=O) groups is 3. The van der Waals surface area contributed by atoms with Crippen LogP contribution in [-0.4, -0.2) is 47.7 Å². The Morgan fingerprint density at radius 2 is 1.89 bits per heavy atom. The molecule has 1 aliphatic heterocycles. The highest BCUT2D eigenvalue weighted by molar-refractivity contribution is 5.93. The zero-order valence-corrected chi connectivity index (χ0v) is 16.7. The van der Waals surface area contributed by atoms with E-state index in [9.17, 15) is 14.4 Å².